The Bertz CT molecular complexity index is 612. The molecule has 0 aromatic heterocycles. The van der Waals surface area contributed by atoms with Gasteiger partial charge in [-0.2, -0.15) is 0 Å². The van der Waals surface area contributed by atoms with Crippen LogP contribution in [-0.4, -0.2) is 11.9 Å². The second kappa shape index (κ2) is 2.85. The van der Waals surface area contributed by atoms with E-state index in [1.54, 1.807) is 6.07 Å². The zero-order valence-electron chi connectivity index (χ0n) is 10.4. The van der Waals surface area contributed by atoms with E-state index in [4.69, 9.17) is 4.74 Å². The lowest BCUT2D eigenvalue weighted by molar-refractivity contribution is 0.0179. The number of esters is 2. The molecule has 1 heterocycles. The molecule has 1 aromatic rings. The number of carbonyl (C=O) groups excluding carboxylic acids is 2. The van der Waals surface area contributed by atoms with Gasteiger partial charge in [0.15, 0.2) is 0 Å². The smallest absolute Gasteiger partial charge is 0.347 e. The van der Waals surface area contributed by atoms with Crippen LogP contribution in [0.4, 0.5) is 0 Å². The Kier molecular flexibility index (Phi) is 1.63. The van der Waals surface area contributed by atoms with Crippen molar-refractivity contribution in [3.63, 3.8) is 0 Å². The second-order valence-corrected chi connectivity index (χ2v) is 6.24. The van der Waals surface area contributed by atoms with Gasteiger partial charge in [0.25, 0.3) is 0 Å². The van der Waals surface area contributed by atoms with Gasteiger partial charge in [-0.3, -0.25) is 0 Å². The average Bonchev–Trinajstić information content (AvgIpc) is 2.64. The first-order valence-electron chi connectivity index (χ1n) is 6.42. The summed E-state index contributed by atoms with van der Waals surface area (Å²) < 4.78 is 4.72. The van der Waals surface area contributed by atoms with Crippen LogP contribution in [0.15, 0.2) is 12.1 Å². The molecule has 92 valence electrons. The van der Waals surface area contributed by atoms with Gasteiger partial charge < -0.3 is 4.74 Å². The maximum Gasteiger partial charge on any atom is 0.347 e. The highest BCUT2D eigenvalue weighted by molar-refractivity contribution is 6.15. The molecule has 3 nitrogen and oxygen atoms in total. The monoisotopic (exact) mass is 242 g/mol. The SMILES string of the molecule is CC1(C)[C@H]2Cc3c(ccc4c3C(=O)OC4=O)[C@H]1C2. The zero-order valence-corrected chi connectivity index (χ0v) is 10.4. The minimum atomic E-state index is -0.490. The molecular weight excluding hydrogens is 228 g/mol. The van der Waals surface area contributed by atoms with E-state index in [-0.39, 0.29) is 0 Å². The predicted octanol–water partition coefficient (Wildman–Crippen LogP) is 2.68. The molecule has 3 aliphatic carbocycles. The standard InChI is InChI=1S/C15H14O3/c1-15(2)7-5-10-8(11(15)6-7)3-4-9-12(10)14(17)18-13(9)16/h3-4,7,11H,5-6H2,1-2H3/t7-,11+/m0/s1. The van der Waals surface area contributed by atoms with Crippen LogP contribution < -0.4 is 0 Å². The Balaban J connectivity index is 1.96. The summed E-state index contributed by atoms with van der Waals surface area (Å²) in [5.41, 5.74) is 3.66. The number of cyclic esters (lactones) is 2. The van der Waals surface area contributed by atoms with Gasteiger partial charge >= 0.3 is 11.9 Å². The molecule has 2 bridgehead atoms. The van der Waals surface area contributed by atoms with E-state index in [0.717, 1.165) is 12.0 Å². The number of hydrogen-bond acceptors (Lipinski definition) is 3. The van der Waals surface area contributed by atoms with Crippen molar-refractivity contribution in [3.8, 4) is 0 Å². The highest BCUT2D eigenvalue weighted by Gasteiger charge is 2.54. The van der Waals surface area contributed by atoms with Gasteiger partial charge in [-0.05, 0) is 47.3 Å². The molecule has 1 saturated carbocycles. The predicted molar refractivity (Wildman–Crippen MR) is 64.5 cm³/mol. The molecular formula is C15H14O3. The Hall–Kier alpha value is -1.64. The number of hydrogen-bond donors (Lipinski definition) is 0. The average molecular weight is 242 g/mol. The summed E-state index contributed by atoms with van der Waals surface area (Å²) in [5.74, 6) is 0.215. The van der Waals surface area contributed by atoms with Crippen molar-refractivity contribution in [2.24, 2.45) is 11.3 Å². The maximum absolute atomic E-state index is 11.8. The fourth-order valence-electron chi connectivity index (χ4n) is 3.94. The first-order valence-corrected chi connectivity index (χ1v) is 6.42. The molecule has 4 aliphatic rings. The normalized spacial score (nSPS) is 30.3. The summed E-state index contributed by atoms with van der Waals surface area (Å²) in [7, 11) is 0. The molecule has 1 aliphatic heterocycles. The molecule has 5 rings (SSSR count). The third kappa shape index (κ3) is 0.972. The second-order valence-electron chi connectivity index (χ2n) is 6.24. The molecule has 0 saturated heterocycles. The fraction of sp³-hybridized carbons (Fsp3) is 0.467. The van der Waals surface area contributed by atoms with Crippen molar-refractivity contribution in [2.75, 3.05) is 0 Å². The van der Waals surface area contributed by atoms with E-state index in [1.165, 1.54) is 12.0 Å². The molecule has 1 aromatic carbocycles. The molecule has 1 fully saturated rings. The van der Waals surface area contributed by atoms with E-state index in [2.05, 4.69) is 13.8 Å². The van der Waals surface area contributed by atoms with E-state index < -0.39 is 11.9 Å². The van der Waals surface area contributed by atoms with E-state index in [1.807, 2.05) is 6.07 Å². The van der Waals surface area contributed by atoms with Gasteiger partial charge in [0.2, 0.25) is 0 Å². The third-order valence-electron chi connectivity index (χ3n) is 5.26. The summed E-state index contributed by atoms with van der Waals surface area (Å²) in [6.07, 6.45) is 2.12. The summed E-state index contributed by atoms with van der Waals surface area (Å²) in [6.45, 7) is 4.59. The van der Waals surface area contributed by atoms with E-state index >= 15 is 0 Å². The van der Waals surface area contributed by atoms with Gasteiger partial charge in [-0.15, -0.1) is 0 Å². The van der Waals surface area contributed by atoms with Crippen LogP contribution in [0.2, 0.25) is 0 Å². The number of carbonyl (C=O) groups is 2. The summed E-state index contributed by atoms with van der Waals surface area (Å²) in [5, 5.41) is 0. The molecule has 0 spiro atoms. The highest BCUT2D eigenvalue weighted by atomic mass is 16.6. The maximum atomic E-state index is 11.8. The first kappa shape index (κ1) is 10.3. The van der Waals surface area contributed by atoms with Crippen LogP contribution >= 0.6 is 0 Å². The molecule has 2 atom stereocenters. The van der Waals surface area contributed by atoms with Crippen molar-refractivity contribution >= 4 is 11.9 Å². The number of rotatable bonds is 0. The lowest BCUT2D eigenvalue weighted by atomic mass is 9.47. The fourth-order valence-corrected chi connectivity index (χ4v) is 3.94. The third-order valence-corrected chi connectivity index (χ3v) is 5.26. The Morgan fingerprint density at radius 1 is 1.22 bits per heavy atom. The molecule has 0 amide bonds. The van der Waals surface area contributed by atoms with E-state index in [0.29, 0.717) is 28.4 Å². The molecule has 0 N–H and O–H groups in total. The zero-order chi connectivity index (χ0) is 12.7. The van der Waals surface area contributed by atoms with Gasteiger partial charge in [0.05, 0.1) is 11.1 Å². The molecule has 0 unspecified atom stereocenters. The molecule has 0 radical (unpaired) electrons. The Morgan fingerprint density at radius 3 is 2.72 bits per heavy atom. The van der Waals surface area contributed by atoms with Gasteiger partial charge in [-0.25, -0.2) is 9.59 Å². The van der Waals surface area contributed by atoms with Gasteiger partial charge in [0, 0.05) is 0 Å². The quantitative estimate of drug-likeness (QED) is 0.519. The van der Waals surface area contributed by atoms with Crippen molar-refractivity contribution in [3.05, 3.63) is 34.4 Å². The number of fused-ring (bicyclic) bond motifs is 1. The first-order chi connectivity index (χ1) is 8.50. The van der Waals surface area contributed by atoms with Crippen molar-refractivity contribution in [1.82, 2.24) is 0 Å². The molecule has 3 heteroatoms. The summed E-state index contributed by atoms with van der Waals surface area (Å²) in [6, 6.07) is 3.78. The lowest BCUT2D eigenvalue weighted by Gasteiger charge is -2.57. The van der Waals surface area contributed by atoms with E-state index in [9.17, 15) is 9.59 Å². The number of benzene rings is 1. The van der Waals surface area contributed by atoms with Gasteiger partial charge in [0.1, 0.15) is 0 Å². The topological polar surface area (TPSA) is 43.4 Å². The van der Waals surface area contributed by atoms with Crippen molar-refractivity contribution in [2.45, 2.75) is 32.6 Å². The van der Waals surface area contributed by atoms with Crippen LogP contribution in [0, 0.1) is 11.3 Å². The van der Waals surface area contributed by atoms with Crippen LogP contribution in [0.1, 0.15) is 58.0 Å². The van der Waals surface area contributed by atoms with Crippen molar-refractivity contribution < 1.29 is 14.3 Å². The number of ether oxygens (including phenoxy) is 1. The van der Waals surface area contributed by atoms with Gasteiger partial charge in [-0.1, -0.05) is 19.9 Å². The largest absolute Gasteiger partial charge is 0.386 e. The molecule has 18 heavy (non-hydrogen) atoms. The highest BCUT2D eigenvalue weighted by Crippen LogP contribution is 2.62. The Morgan fingerprint density at radius 2 is 2.00 bits per heavy atom. The minimum absolute atomic E-state index is 0.327. The van der Waals surface area contributed by atoms with Crippen molar-refractivity contribution in [1.29, 1.82) is 0 Å². The van der Waals surface area contributed by atoms with Crippen LogP contribution in [0.25, 0.3) is 0 Å². The van der Waals surface area contributed by atoms with Crippen LogP contribution in [0.3, 0.4) is 0 Å². The van der Waals surface area contributed by atoms with Crippen LogP contribution in [0.5, 0.6) is 0 Å². The van der Waals surface area contributed by atoms with Crippen LogP contribution in [-0.2, 0) is 11.2 Å². The summed E-state index contributed by atoms with van der Waals surface area (Å²) in [4.78, 5) is 23.3. The lowest BCUT2D eigenvalue weighted by Crippen LogP contribution is -2.48. The minimum Gasteiger partial charge on any atom is -0.386 e. The summed E-state index contributed by atoms with van der Waals surface area (Å²) >= 11 is 0. The Labute approximate surface area is 105 Å².